The monoisotopic (exact) mass is 516 g/mol. The molecule has 1 saturated carbocycles. The van der Waals surface area contributed by atoms with Crippen LogP contribution in [0.3, 0.4) is 0 Å². The molecule has 0 spiro atoms. The molecule has 3 fully saturated rings. The molecule has 0 bridgehead atoms. The van der Waals surface area contributed by atoms with Gasteiger partial charge in [-0.05, 0) is 73.7 Å². The minimum Gasteiger partial charge on any atom is -0.489 e. The summed E-state index contributed by atoms with van der Waals surface area (Å²) in [5.74, 6) is 1.32. The maximum absolute atomic E-state index is 13.1. The molecule has 2 aromatic rings. The zero-order chi connectivity index (χ0) is 23.1. The van der Waals surface area contributed by atoms with Crippen LogP contribution in [0.1, 0.15) is 50.0 Å². The lowest BCUT2D eigenvalue weighted by atomic mass is 10.1. The third-order valence-electron chi connectivity index (χ3n) is 7.21. The number of carbonyl (C=O) groups is 2. The summed E-state index contributed by atoms with van der Waals surface area (Å²) in [4.78, 5) is 34.9. The predicted octanol–water partition coefficient (Wildman–Crippen LogP) is 3.88. The number of halogens is 1. The van der Waals surface area contributed by atoms with Crippen LogP contribution in [0.5, 0.6) is 5.75 Å². The highest BCUT2D eigenvalue weighted by Crippen LogP contribution is 2.34. The predicted molar refractivity (Wildman–Crippen MR) is 132 cm³/mol. The van der Waals surface area contributed by atoms with Crippen LogP contribution in [0.15, 0.2) is 22.7 Å². The molecule has 8 heteroatoms. The van der Waals surface area contributed by atoms with Crippen molar-refractivity contribution in [2.75, 3.05) is 39.3 Å². The van der Waals surface area contributed by atoms with E-state index < -0.39 is 0 Å². The van der Waals surface area contributed by atoms with Crippen molar-refractivity contribution < 1.29 is 14.3 Å². The Morgan fingerprint density at radius 2 is 1.64 bits per heavy atom. The molecular weight excluding hydrogens is 484 g/mol. The first kappa shape index (κ1) is 22.7. The minimum atomic E-state index is -0.00984. The lowest BCUT2D eigenvalue weighted by molar-refractivity contribution is -0.134. The Morgan fingerprint density at radius 1 is 0.970 bits per heavy atom. The van der Waals surface area contributed by atoms with Crippen molar-refractivity contribution in [1.29, 1.82) is 0 Å². The standard InChI is InChI=1S/C25H33BrN4O3/c1-16(2)28-7-5-19(6-8-28)33-23-14-18-13-22(27-21(18)15-20(23)26)25(32)30-11-9-29(10-12-30)24(31)17-3-4-17/h13-17,19,27H,3-12H2,1-2H3. The first-order chi connectivity index (χ1) is 15.9. The average Bonchev–Trinajstić information content (AvgIpc) is 3.59. The highest BCUT2D eigenvalue weighted by atomic mass is 79.9. The molecule has 1 aliphatic carbocycles. The second kappa shape index (κ2) is 9.29. The smallest absolute Gasteiger partial charge is 0.270 e. The topological polar surface area (TPSA) is 68.9 Å². The number of hydrogen-bond donors (Lipinski definition) is 1. The first-order valence-electron chi connectivity index (χ1n) is 12.2. The summed E-state index contributed by atoms with van der Waals surface area (Å²) < 4.78 is 7.24. The number of likely N-dealkylation sites (tertiary alicyclic amines) is 1. The molecule has 1 aromatic heterocycles. The molecule has 1 N–H and O–H groups in total. The minimum absolute atomic E-state index is 0.00984. The van der Waals surface area contributed by atoms with E-state index in [2.05, 4.69) is 39.7 Å². The van der Waals surface area contributed by atoms with E-state index >= 15 is 0 Å². The third kappa shape index (κ3) is 4.92. The number of nitrogens with one attached hydrogen (secondary N) is 1. The Bertz CT molecular complexity index is 1030. The van der Waals surface area contributed by atoms with Gasteiger partial charge >= 0.3 is 0 Å². The Morgan fingerprint density at radius 3 is 2.27 bits per heavy atom. The van der Waals surface area contributed by atoms with Crippen LogP contribution >= 0.6 is 15.9 Å². The van der Waals surface area contributed by atoms with Crippen LogP contribution in [-0.2, 0) is 4.79 Å². The van der Waals surface area contributed by atoms with E-state index in [-0.39, 0.29) is 23.8 Å². The van der Waals surface area contributed by atoms with E-state index in [4.69, 9.17) is 4.74 Å². The number of ether oxygens (including phenoxy) is 1. The van der Waals surface area contributed by atoms with Crippen molar-refractivity contribution in [1.82, 2.24) is 19.7 Å². The van der Waals surface area contributed by atoms with Gasteiger partial charge in [0.05, 0.1) is 4.47 Å². The van der Waals surface area contributed by atoms with Crippen molar-refractivity contribution in [2.24, 2.45) is 5.92 Å². The van der Waals surface area contributed by atoms with Gasteiger partial charge in [-0.2, -0.15) is 0 Å². The SMILES string of the molecule is CC(C)N1CCC(Oc2cc3cc(C(=O)N4CCN(C(=O)C5CC5)CC4)[nH]c3cc2Br)CC1. The lowest BCUT2D eigenvalue weighted by Crippen LogP contribution is -2.51. The van der Waals surface area contributed by atoms with Crippen molar-refractivity contribution in [3.63, 3.8) is 0 Å². The first-order valence-corrected chi connectivity index (χ1v) is 13.0. The second-order valence-corrected chi connectivity index (χ2v) is 10.7. The zero-order valence-electron chi connectivity index (χ0n) is 19.5. The number of amides is 2. The van der Waals surface area contributed by atoms with Gasteiger partial charge < -0.3 is 24.4 Å². The number of piperazine rings is 1. The van der Waals surface area contributed by atoms with Crippen molar-refractivity contribution in [2.45, 2.75) is 51.7 Å². The highest BCUT2D eigenvalue weighted by molar-refractivity contribution is 9.10. The van der Waals surface area contributed by atoms with Gasteiger partial charge in [0.2, 0.25) is 5.91 Å². The van der Waals surface area contributed by atoms with Crippen molar-refractivity contribution >= 4 is 38.6 Å². The van der Waals surface area contributed by atoms with Crippen LogP contribution in [-0.4, -0.2) is 82.9 Å². The second-order valence-electron chi connectivity index (χ2n) is 9.89. The number of fused-ring (bicyclic) bond motifs is 1. The van der Waals surface area contributed by atoms with E-state index in [0.29, 0.717) is 37.9 Å². The van der Waals surface area contributed by atoms with E-state index in [0.717, 1.165) is 59.9 Å². The number of carbonyl (C=O) groups excluding carboxylic acids is 2. The van der Waals surface area contributed by atoms with E-state index in [9.17, 15) is 9.59 Å². The summed E-state index contributed by atoms with van der Waals surface area (Å²) in [5.41, 5.74) is 1.50. The largest absolute Gasteiger partial charge is 0.489 e. The van der Waals surface area contributed by atoms with Gasteiger partial charge in [-0.1, -0.05) is 0 Å². The molecule has 0 radical (unpaired) electrons. The molecule has 5 rings (SSSR count). The molecule has 2 saturated heterocycles. The quantitative estimate of drug-likeness (QED) is 0.654. The van der Waals surface area contributed by atoms with Gasteiger partial charge in [0.1, 0.15) is 17.5 Å². The van der Waals surface area contributed by atoms with Gasteiger partial charge in [0.25, 0.3) is 5.91 Å². The number of H-pyrrole nitrogens is 1. The highest BCUT2D eigenvalue weighted by Gasteiger charge is 2.35. The number of rotatable bonds is 5. The fraction of sp³-hybridized carbons (Fsp3) is 0.600. The van der Waals surface area contributed by atoms with Gasteiger partial charge in [0.15, 0.2) is 0 Å². The Balaban J connectivity index is 1.23. The number of nitrogens with zero attached hydrogens (tertiary/aromatic N) is 3. The summed E-state index contributed by atoms with van der Waals surface area (Å²) in [5, 5.41) is 0.971. The normalized spacial score (nSPS) is 20.6. The summed E-state index contributed by atoms with van der Waals surface area (Å²) in [6.07, 6.45) is 4.30. The molecule has 178 valence electrons. The maximum Gasteiger partial charge on any atom is 0.270 e. The van der Waals surface area contributed by atoms with Crippen LogP contribution in [0, 0.1) is 5.92 Å². The molecule has 2 aliphatic heterocycles. The molecule has 1 aromatic carbocycles. The van der Waals surface area contributed by atoms with Crippen molar-refractivity contribution in [3.05, 3.63) is 28.4 Å². The number of piperidine rings is 1. The number of aromatic nitrogens is 1. The summed E-state index contributed by atoms with van der Waals surface area (Å²) in [6.45, 7) is 9.02. The van der Waals surface area contributed by atoms with E-state index in [1.54, 1.807) is 0 Å². The average molecular weight is 517 g/mol. The molecular formula is C25H33BrN4O3. The van der Waals surface area contributed by atoms with Gasteiger partial charge in [-0.25, -0.2) is 0 Å². The summed E-state index contributed by atoms with van der Waals surface area (Å²) >= 11 is 3.65. The molecule has 0 atom stereocenters. The Kier molecular flexibility index (Phi) is 6.40. The Hall–Kier alpha value is -2.06. The van der Waals surface area contributed by atoms with Gasteiger partial charge in [-0.3, -0.25) is 9.59 Å². The molecule has 33 heavy (non-hydrogen) atoms. The maximum atomic E-state index is 13.1. The molecule has 2 amide bonds. The molecule has 7 nitrogen and oxygen atoms in total. The van der Waals surface area contributed by atoms with E-state index in [1.165, 1.54) is 0 Å². The van der Waals surface area contributed by atoms with Crippen LogP contribution < -0.4 is 4.74 Å². The third-order valence-corrected chi connectivity index (χ3v) is 7.83. The number of benzene rings is 1. The molecule has 3 aliphatic rings. The molecule has 3 heterocycles. The zero-order valence-corrected chi connectivity index (χ0v) is 21.1. The van der Waals surface area contributed by atoms with Gasteiger partial charge in [-0.15, -0.1) is 0 Å². The van der Waals surface area contributed by atoms with Crippen molar-refractivity contribution in [3.8, 4) is 5.75 Å². The van der Waals surface area contributed by atoms with Crippen LogP contribution in [0.2, 0.25) is 0 Å². The fourth-order valence-corrected chi connectivity index (χ4v) is 5.35. The number of aromatic amines is 1. The lowest BCUT2D eigenvalue weighted by Gasteiger charge is -2.34. The van der Waals surface area contributed by atoms with Crippen LogP contribution in [0.4, 0.5) is 0 Å². The Labute approximate surface area is 203 Å². The van der Waals surface area contributed by atoms with E-state index in [1.807, 2.05) is 28.0 Å². The van der Waals surface area contributed by atoms with Gasteiger partial charge in [0, 0.05) is 62.1 Å². The summed E-state index contributed by atoms with van der Waals surface area (Å²) in [6, 6.07) is 6.51. The molecule has 0 unspecified atom stereocenters. The fourth-order valence-electron chi connectivity index (χ4n) is 4.92. The van der Waals surface area contributed by atoms with Crippen LogP contribution in [0.25, 0.3) is 10.9 Å². The summed E-state index contributed by atoms with van der Waals surface area (Å²) in [7, 11) is 0. The number of hydrogen-bond acceptors (Lipinski definition) is 4.